The second-order valence-electron chi connectivity index (χ2n) is 3.55. The van der Waals surface area contributed by atoms with Crippen molar-refractivity contribution in [1.29, 1.82) is 0 Å². The summed E-state index contributed by atoms with van der Waals surface area (Å²) < 4.78 is 4.97. The maximum Gasteiger partial charge on any atom is 0.312 e. The minimum Gasteiger partial charge on any atom is -0.466 e. The fourth-order valence-electron chi connectivity index (χ4n) is 1.50. The Kier molecular flexibility index (Phi) is 6.00. The molecular formula is C12H17NO3S. The minimum atomic E-state index is -0.866. The number of aliphatic hydroxyl groups excluding tert-OH is 1. The lowest BCUT2D eigenvalue weighted by Crippen LogP contribution is -2.26. The molecule has 4 nitrogen and oxygen atoms in total. The van der Waals surface area contributed by atoms with Crippen LogP contribution in [0, 0.1) is 5.92 Å². The number of hydrogen-bond acceptors (Lipinski definition) is 5. The van der Waals surface area contributed by atoms with Gasteiger partial charge in [-0.15, -0.1) is 0 Å². The SMILES string of the molecule is CCOC(=O)C(CSC)C(O)c1cccnc1. The maximum atomic E-state index is 11.7. The van der Waals surface area contributed by atoms with E-state index in [0.717, 1.165) is 0 Å². The molecule has 0 aliphatic rings. The molecule has 0 fully saturated rings. The van der Waals surface area contributed by atoms with Gasteiger partial charge in [0.1, 0.15) is 0 Å². The Morgan fingerprint density at radius 3 is 2.94 bits per heavy atom. The Labute approximate surface area is 105 Å². The maximum absolute atomic E-state index is 11.7. The number of aromatic nitrogens is 1. The van der Waals surface area contributed by atoms with E-state index >= 15 is 0 Å². The summed E-state index contributed by atoms with van der Waals surface area (Å²) >= 11 is 1.51. The first-order valence-electron chi connectivity index (χ1n) is 5.44. The van der Waals surface area contributed by atoms with E-state index in [9.17, 15) is 9.90 Å². The Hall–Kier alpha value is -1.07. The molecule has 1 N–H and O–H groups in total. The van der Waals surface area contributed by atoms with E-state index in [4.69, 9.17) is 4.74 Å². The Morgan fingerprint density at radius 2 is 2.41 bits per heavy atom. The molecular weight excluding hydrogens is 238 g/mol. The molecule has 1 aromatic rings. The lowest BCUT2D eigenvalue weighted by atomic mass is 9.99. The van der Waals surface area contributed by atoms with Gasteiger partial charge < -0.3 is 9.84 Å². The van der Waals surface area contributed by atoms with Crippen LogP contribution in [0.2, 0.25) is 0 Å². The molecule has 2 atom stereocenters. The van der Waals surface area contributed by atoms with E-state index < -0.39 is 12.0 Å². The summed E-state index contributed by atoms with van der Waals surface area (Å²) in [4.78, 5) is 15.7. The molecule has 0 spiro atoms. The Morgan fingerprint density at radius 1 is 1.65 bits per heavy atom. The number of rotatable bonds is 6. The topological polar surface area (TPSA) is 59.4 Å². The summed E-state index contributed by atoms with van der Waals surface area (Å²) in [6.45, 7) is 2.08. The average molecular weight is 255 g/mol. The van der Waals surface area contributed by atoms with Crippen LogP contribution < -0.4 is 0 Å². The van der Waals surface area contributed by atoms with Gasteiger partial charge in [0.05, 0.1) is 18.6 Å². The summed E-state index contributed by atoms with van der Waals surface area (Å²) in [7, 11) is 0. The zero-order chi connectivity index (χ0) is 12.7. The second-order valence-corrected chi connectivity index (χ2v) is 4.46. The fourth-order valence-corrected chi connectivity index (χ4v) is 2.18. The van der Waals surface area contributed by atoms with Gasteiger partial charge in [0.2, 0.25) is 0 Å². The van der Waals surface area contributed by atoms with Gasteiger partial charge in [0.15, 0.2) is 0 Å². The van der Waals surface area contributed by atoms with Crippen LogP contribution in [0.1, 0.15) is 18.6 Å². The van der Waals surface area contributed by atoms with Gasteiger partial charge >= 0.3 is 5.97 Å². The zero-order valence-electron chi connectivity index (χ0n) is 10.00. The first-order chi connectivity index (χ1) is 8.20. The van der Waals surface area contributed by atoms with Crippen LogP contribution in [0.3, 0.4) is 0 Å². The van der Waals surface area contributed by atoms with Gasteiger partial charge in [-0.25, -0.2) is 0 Å². The number of esters is 1. The molecule has 0 saturated heterocycles. The number of thioether (sulfide) groups is 1. The third-order valence-electron chi connectivity index (χ3n) is 2.34. The number of nitrogens with zero attached hydrogens (tertiary/aromatic N) is 1. The van der Waals surface area contributed by atoms with Crippen molar-refractivity contribution in [3.05, 3.63) is 30.1 Å². The van der Waals surface area contributed by atoms with Crippen LogP contribution in [0.5, 0.6) is 0 Å². The van der Waals surface area contributed by atoms with E-state index in [1.807, 2.05) is 6.26 Å². The monoisotopic (exact) mass is 255 g/mol. The molecule has 2 unspecified atom stereocenters. The molecule has 0 aromatic carbocycles. The van der Waals surface area contributed by atoms with Crippen molar-refractivity contribution in [3.8, 4) is 0 Å². The number of hydrogen-bond donors (Lipinski definition) is 1. The standard InChI is InChI=1S/C12H17NO3S/c1-3-16-12(15)10(8-17-2)11(14)9-5-4-6-13-7-9/h4-7,10-11,14H,3,8H2,1-2H3. The van der Waals surface area contributed by atoms with E-state index in [1.54, 1.807) is 31.5 Å². The molecule has 5 heteroatoms. The normalized spacial score (nSPS) is 14.1. The first-order valence-corrected chi connectivity index (χ1v) is 6.83. The minimum absolute atomic E-state index is 0.323. The highest BCUT2D eigenvalue weighted by Gasteiger charge is 2.28. The molecule has 17 heavy (non-hydrogen) atoms. The third-order valence-corrected chi connectivity index (χ3v) is 3.04. The molecule has 0 bridgehead atoms. The lowest BCUT2D eigenvalue weighted by Gasteiger charge is -2.20. The zero-order valence-corrected chi connectivity index (χ0v) is 10.8. The quantitative estimate of drug-likeness (QED) is 0.783. The summed E-state index contributed by atoms with van der Waals surface area (Å²) in [6, 6.07) is 3.49. The third kappa shape index (κ3) is 4.02. The first kappa shape index (κ1) is 14.0. The highest BCUT2D eigenvalue weighted by Crippen LogP contribution is 2.25. The van der Waals surface area contributed by atoms with Gasteiger partial charge in [0, 0.05) is 18.1 Å². The predicted octanol–water partition coefficient (Wildman–Crippen LogP) is 1.66. The summed E-state index contributed by atoms with van der Waals surface area (Å²) in [5.41, 5.74) is 0.639. The van der Waals surface area contributed by atoms with Gasteiger partial charge in [-0.05, 0) is 24.8 Å². The molecule has 1 aromatic heterocycles. The lowest BCUT2D eigenvalue weighted by molar-refractivity contribution is -0.151. The summed E-state index contributed by atoms with van der Waals surface area (Å²) in [5, 5.41) is 10.2. The molecule has 0 aliphatic heterocycles. The summed E-state index contributed by atoms with van der Waals surface area (Å²) in [6.07, 6.45) is 4.22. The smallest absolute Gasteiger partial charge is 0.312 e. The molecule has 0 saturated carbocycles. The Bertz CT molecular complexity index is 345. The van der Waals surface area contributed by atoms with E-state index in [-0.39, 0.29) is 5.97 Å². The number of carbonyl (C=O) groups is 1. The average Bonchev–Trinajstić information content (AvgIpc) is 2.36. The van der Waals surface area contributed by atoms with Crippen molar-refractivity contribution < 1.29 is 14.6 Å². The molecule has 0 amide bonds. The van der Waals surface area contributed by atoms with Crippen LogP contribution in [0.25, 0.3) is 0 Å². The molecule has 0 radical (unpaired) electrons. The van der Waals surface area contributed by atoms with Crippen molar-refractivity contribution in [2.75, 3.05) is 18.6 Å². The largest absolute Gasteiger partial charge is 0.466 e. The van der Waals surface area contributed by atoms with Crippen LogP contribution >= 0.6 is 11.8 Å². The van der Waals surface area contributed by atoms with E-state index in [1.165, 1.54) is 11.8 Å². The van der Waals surface area contributed by atoms with Crippen molar-refractivity contribution >= 4 is 17.7 Å². The second kappa shape index (κ2) is 7.29. The van der Waals surface area contributed by atoms with Crippen molar-refractivity contribution in [3.63, 3.8) is 0 Å². The predicted molar refractivity (Wildman–Crippen MR) is 67.7 cm³/mol. The molecule has 0 aliphatic carbocycles. The van der Waals surface area contributed by atoms with Crippen LogP contribution in [0.4, 0.5) is 0 Å². The van der Waals surface area contributed by atoms with Crippen molar-refractivity contribution in [2.24, 2.45) is 5.92 Å². The van der Waals surface area contributed by atoms with Crippen molar-refractivity contribution in [2.45, 2.75) is 13.0 Å². The fraction of sp³-hybridized carbons (Fsp3) is 0.500. The van der Waals surface area contributed by atoms with Gasteiger partial charge in [-0.2, -0.15) is 11.8 Å². The van der Waals surface area contributed by atoms with E-state index in [0.29, 0.717) is 17.9 Å². The van der Waals surface area contributed by atoms with Gasteiger partial charge in [-0.3, -0.25) is 9.78 Å². The number of aliphatic hydroxyl groups is 1. The number of carbonyl (C=O) groups excluding carboxylic acids is 1. The molecule has 1 heterocycles. The van der Waals surface area contributed by atoms with Gasteiger partial charge in [-0.1, -0.05) is 6.07 Å². The highest BCUT2D eigenvalue weighted by molar-refractivity contribution is 7.98. The van der Waals surface area contributed by atoms with Crippen LogP contribution in [-0.4, -0.2) is 34.7 Å². The van der Waals surface area contributed by atoms with Crippen molar-refractivity contribution in [1.82, 2.24) is 4.98 Å². The molecule has 94 valence electrons. The highest BCUT2D eigenvalue weighted by atomic mass is 32.2. The Balaban J connectivity index is 2.80. The van der Waals surface area contributed by atoms with Gasteiger partial charge in [0.25, 0.3) is 0 Å². The van der Waals surface area contributed by atoms with E-state index in [2.05, 4.69) is 4.98 Å². The number of ether oxygens (including phenoxy) is 1. The summed E-state index contributed by atoms with van der Waals surface area (Å²) in [5.74, 6) is -0.387. The van der Waals surface area contributed by atoms with Crippen LogP contribution in [-0.2, 0) is 9.53 Å². The van der Waals surface area contributed by atoms with Crippen LogP contribution in [0.15, 0.2) is 24.5 Å². The number of pyridine rings is 1. The molecule has 1 rings (SSSR count).